The van der Waals surface area contributed by atoms with Crippen LogP contribution in [0.2, 0.25) is 5.02 Å². The second kappa shape index (κ2) is 8.30. The van der Waals surface area contributed by atoms with Gasteiger partial charge in [0, 0.05) is 27.8 Å². The highest BCUT2D eigenvalue weighted by atomic mass is 35.5. The van der Waals surface area contributed by atoms with Crippen molar-refractivity contribution in [3.63, 3.8) is 0 Å². The van der Waals surface area contributed by atoms with Gasteiger partial charge in [-0.1, -0.05) is 35.9 Å². The summed E-state index contributed by atoms with van der Waals surface area (Å²) in [4.78, 5) is 34.9. The molecule has 0 aliphatic carbocycles. The number of carbonyl (C=O) groups excluding carboxylic acids is 2. The van der Waals surface area contributed by atoms with E-state index in [2.05, 4.69) is 16.2 Å². The summed E-state index contributed by atoms with van der Waals surface area (Å²) >= 11 is 12.4. The number of benzene rings is 2. The summed E-state index contributed by atoms with van der Waals surface area (Å²) < 4.78 is 0.857. The first-order chi connectivity index (χ1) is 13.4. The molecule has 0 unspecified atom stereocenters. The lowest BCUT2D eigenvalue weighted by Gasteiger charge is -2.10. The zero-order valence-electron chi connectivity index (χ0n) is 13.9. The van der Waals surface area contributed by atoms with E-state index in [9.17, 15) is 19.7 Å². The summed E-state index contributed by atoms with van der Waals surface area (Å²) in [6, 6.07) is 12.5. The quantitative estimate of drug-likeness (QED) is 0.330. The van der Waals surface area contributed by atoms with Crippen LogP contribution >= 0.6 is 35.2 Å². The molecule has 0 fully saturated rings. The molecule has 3 rings (SSSR count). The molecule has 0 saturated carbocycles. The first kappa shape index (κ1) is 19.7. The minimum Gasteiger partial charge on any atom is -0.297 e. The summed E-state index contributed by atoms with van der Waals surface area (Å²) in [5.74, 6) is -1.17. The summed E-state index contributed by atoms with van der Waals surface area (Å²) in [6.07, 6.45) is 0. The van der Waals surface area contributed by atoms with Crippen LogP contribution in [0.5, 0.6) is 0 Å². The summed E-state index contributed by atoms with van der Waals surface area (Å²) in [5.41, 5.74) is 4.48. The predicted octanol–water partition coefficient (Wildman–Crippen LogP) is 3.41. The van der Waals surface area contributed by atoms with Gasteiger partial charge in [-0.2, -0.15) is 0 Å². The maximum atomic E-state index is 12.4. The molecule has 0 spiro atoms. The first-order valence-corrected chi connectivity index (χ1v) is 9.30. The average Bonchev–Trinajstić information content (AvgIpc) is 3.03. The highest BCUT2D eigenvalue weighted by Gasteiger charge is 2.18. The number of hydrogen-bond donors (Lipinski definition) is 3. The van der Waals surface area contributed by atoms with Crippen LogP contribution in [0.4, 0.5) is 5.69 Å². The molecule has 1 aromatic heterocycles. The van der Waals surface area contributed by atoms with Crippen molar-refractivity contribution in [1.29, 1.82) is 0 Å². The summed E-state index contributed by atoms with van der Waals surface area (Å²) in [5, 5.41) is 14.1. The van der Waals surface area contributed by atoms with Crippen molar-refractivity contribution in [1.82, 2.24) is 16.2 Å². The van der Waals surface area contributed by atoms with Crippen molar-refractivity contribution in [2.45, 2.75) is 0 Å². The number of nitrogens with zero attached hydrogens (tertiary/aromatic N) is 1. The molecular formula is C17H11ClN4O4S2. The predicted molar refractivity (Wildman–Crippen MR) is 111 cm³/mol. The third-order valence-corrected chi connectivity index (χ3v) is 5.46. The Morgan fingerprint density at radius 3 is 2.54 bits per heavy atom. The number of amides is 2. The van der Waals surface area contributed by atoms with Crippen molar-refractivity contribution in [2.24, 2.45) is 0 Å². The molecule has 2 amide bonds. The second-order valence-electron chi connectivity index (χ2n) is 5.41. The Bertz CT molecular complexity index is 1120. The van der Waals surface area contributed by atoms with Crippen molar-refractivity contribution in [3.8, 4) is 0 Å². The lowest BCUT2D eigenvalue weighted by molar-refractivity contribution is -0.384. The third kappa shape index (κ3) is 4.25. The molecule has 3 aromatic rings. The van der Waals surface area contributed by atoms with E-state index in [4.69, 9.17) is 23.8 Å². The minimum atomic E-state index is -0.653. The zero-order chi connectivity index (χ0) is 20.3. The van der Waals surface area contributed by atoms with Crippen LogP contribution in [0.15, 0.2) is 48.5 Å². The first-order valence-electron chi connectivity index (χ1n) is 7.70. The Labute approximate surface area is 172 Å². The van der Waals surface area contributed by atoms with Gasteiger partial charge in [0.05, 0.1) is 9.95 Å². The smallest absolute Gasteiger partial charge is 0.270 e. The fraction of sp³-hybridized carbons (Fsp3) is 0. The van der Waals surface area contributed by atoms with Crippen molar-refractivity contribution in [3.05, 3.63) is 74.1 Å². The number of halogens is 1. The number of fused-ring (bicyclic) bond motifs is 1. The topological polar surface area (TPSA) is 113 Å². The molecule has 8 nitrogen and oxygen atoms in total. The van der Waals surface area contributed by atoms with E-state index in [1.54, 1.807) is 6.07 Å². The highest BCUT2D eigenvalue weighted by molar-refractivity contribution is 7.80. The molecular weight excluding hydrogens is 424 g/mol. The molecule has 11 heteroatoms. The van der Waals surface area contributed by atoms with Crippen molar-refractivity contribution in [2.75, 3.05) is 0 Å². The van der Waals surface area contributed by atoms with Crippen LogP contribution in [-0.2, 0) is 0 Å². The van der Waals surface area contributed by atoms with Gasteiger partial charge in [-0.3, -0.25) is 35.9 Å². The Kier molecular flexibility index (Phi) is 5.83. The normalized spacial score (nSPS) is 10.3. The van der Waals surface area contributed by atoms with Crippen LogP contribution < -0.4 is 16.2 Å². The second-order valence-corrected chi connectivity index (χ2v) is 7.25. The zero-order valence-corrected chi connectivity index (χ0v) is 16.3. The van der Waals surface area contributed by atoms with Crippen LogP contribution in [0.3, 0.4) is 0 Å². The highest BCUT2D eigenvalue weighted by Crippen LogP contribution is 2.34. The van der Waals surface area contributed by atoms with Crippen molar-refractivity contribution < 1.29 is 14.5 Å². The van der Waals surface area contributed by atoms with E-state index in [1.165, 1.54) is 29.5 Å². The van der Waals surface area contributed by atoms with E-state index in [0.717, 1.165) is 16.2 Å². The minimum absolute atomic E-state index is 0.0587. The van der Waals surface area contributed by atoms with Gasteiger partial charge in [-0.05, 0) is 24.4 Å². The molecule has 0 saturated heterocycles. The molecule has 0 atom stereocenters. The summed E-state index contributed by atoms with van der Waals surface area (Å²) in [6.45, 7) is 0. The van der Waals surface area contributed by atoms with Gasteiger partial charge in [-0.25, -0.2) is 0 Å². The molecule has 0 bridgehead atoms. The number of thiophene rings is 1. The lowest BCUT2D eigenvalue weighted by atomic mass is 10.2. The monoisotopic (exact) mass is 434 g/mol. The van der Waals surface area contributed by atoms with E-state index >= 15 is 0 Å². The van der Waals surface area contributed by atoms with E-state index in [-0.39, 0.29) is 21.2 Å². The molecule has 0 radical (unpaired) electrons. The number of nitro groups is 1. The molecule has 2 aromatic carbocycles. The maximum absolute atomic E-state index is 12.4. The van der Waals surface area contributed by atoms with E-state index < -0.39 is 16.7 Å². The van der Waals surface area contributed by atoms with E-state index in [1.807, 2.05) is 18.2 Å². The Balaban J connectivity index is 1.61. The van der Waals surface area contributed by atoms with Crippen molar-refractivity contribution >= 4 is 67.9 Å². The number of hydrazine groups is 1. The standard InChI is InChI=1S/C17H11ClN4O4S2/c18-13-11-6-1-2-7-12(11)28-14(13)16(24)19-17(27)21-20-15(23)9-4-3-5-10(8-9)22(25)26/h1-8H,(H,20,23)(H2,19,21,24,27). The van der Waals surface area contributed by atoms with E-state index in [0.29, 0.717) is 5.02 Å². The summed E-state index contributed by atoms with van der Waals surface area (Å²) in [7, 11) is 0. The molecule has 0 aliphatic rings. The van der Waals surface area contributed by atoms with Gasteiger partial charge < -0.3 is 0 Å². The number of nitrogens with one attached hydrogen (secondary N) is 3. The van der Waals surface area contributed by atoms with Crippen LogP contribution in [0.25, 0.3) is 10.1 Å². The molecule has 1 heterocycles. The number of hydrogen-bond acceptors (Lipinski definition) is 6. The molecule has 142 valence electrons. The number of carbonyl (C=O) groups is 2. The van der Waals surface area contributed by atoms with Gasteiger partial charge in [0.15, 0.2) is 5.11 Å². The van der Waals surface area contributed by atoms with Crippen LogP contribution in [0.1, 0.15) is 20.0 Å². The lowest BCUT2D eigenvalue weighted by Crippen LogP contribution is -2.48. The Morgan fingerprint density at radius 2 is 1.82 bits per heavy atom. The Morgan fingerprint density at radius 1 is 1.07 bits per heavy atom. The number of non-ortho nitro benzene ring substituents is 1. The molecule has 3 N–H and O–H groups in total. The van der Waals surface area contributed by atoms with Crippen LogP contribution in [-0.4, -0.2) is 21.9 Å². The van der Waals surface area contributed by atoms with Gasteiger partial charge in [0.25, 0.3) is 17.5 Å². The number of rotatable bonds is 3. The van der Waals surface area contributed by atoms with Gasteiger partial charge in [0.2, 0.25) is 0 Å². The van der Waals surface area contributed by atoms with Gasteiger partial charge >= 0.3 is 0 Å². The third-order valence-electron chi connectivity index (χ3n) is 3.58. The van der Waals surface area contributed by atoms with Crippen LogP contribution in [0, 0.1) is 10.1 Å². The fourth-order valence-corrected chi connectivity index (χ4v) is 3.85. The van der Waals surface area contributed by atoms with Gasteiger partial charge in [-0.15, -0.1) is 11.3 Å². The SMILES string of the molecule is O=C(NNC(=S)NC(=O)c1sc2ccccc2c1Cl)c1cccc([N+](=O)[O-])c1. The number of thiocarbonyl (C=S) groups is 1. The fourth-order valence-electron chi connectivity index (χ4n) is 2.30. The largest absolute Gasteiger partial charge is 0.297 e. The average molecular weight is 435 g/mol. The molecule has 28 heavy (non-hydrogen) atoms. The maximum Gasteiger partial charge on any atom is 0.270 e. The molecule has 0 aliphatic heterocycles. The number of nitro benzene ring substituents is 1. The van der Waals surface area contributed by atoms with Gasteiger partial charge in [0.1, 0.15) is 4.88 Å². The Hall–Kier alpha value is -3.08.